The molecule has 0 unspecified atom stereocenters. The third kappa shape index (κ3) is 3.52. The molecule has 1 aromatic heterocycles. The molecule has 1 rings (SSSR count). The Morgan fingerprint density at radius 3 is 2.85 bits per heavy atom. The van der Waals surface area contributed by atoms with Gasteiger partial charge in [0.15, 0.2) is 0 Å². The third-order valence-electron chi connectivity index (χ3n) is 1.44. The number of hydrogen-bond acceptors (Lipinski definition) is 3. The lowest BCUT2D eigenvalue weighted by atomic mass is 10.3. The Balaban J connectivity index is 2.70. The van der Waals surface area contributed by atoms with E-state index in [2.05, 4.69) is 9.71 Å². The van der Waals surface area contributed by atoms with Gasteiger partial charge in [0.2, 0.25) is 10.0 Å². The average Bonchev–Trinajstić information content (AvgIpc) is 2.04. The first-order valence-corrected chi connectivity index (χ1v) is 5.65. The van der Waals surface area contributed by atoms with Crippen LogP contribution in [0.4, 0.5) is 0 Å². The van der Waals surface area contributed by atoms with Crippen molar-refractivity contribution in [3.63, 3.8) is 0 Å². The molecular formula is C8H12N2O2S. The Labute approximate surface area is 78.1 Å². The summed E-state index contributed by atoms with van der Waals surface area (Å²) < 4.78 is 24.9. The molecule has 0 atom stereocenters. The third-order valence-corrected chi connectivity index (χ3v) is 2.89. The molecule has 0 radical (unpaired) electrons. The molecule has 4 nitrogen and oxygen atoms in total. The molecule has 72 valence electrons. The summed E-state index contributed by atoms with van der Waals surface area (Å²) in [5.74, 6) is -0.00528. The fraction of sp³-hybridized carbons (Fsp3) is 0.375. The number of sulfonamides is 1. The molecule has 0 aliphatic rings. The molecule has 13 heavy (non-hydrogen) atoms. The van der Waals surface area contributed by atoms with E-state index in [0.717, 1.165) is 0 Å². The van der Waals surface area contributed by atoms with Crippen molar-refractivity contribution in [2.45, 2.75) is 12.7 Å². The minimum Gasteiger partial charge on any atom is -0.264 e. The molecule has 0 bridgehead atoms. The van der Waals surface area contributed by atoms with Gasteiger partial charge in [-0.3, -0.25) is 4.98 Å². The molecule has 0 saturated carbocycles. The van der Waals surface area contributed by atoms with Gasteiger partial charge in [0, 0.05) is 18.9 Å². The number of pyridine rings is 1. The minimum atomic E-state index is -3.17. The van der Waals surface area contributed by atoms with Crippen LogP contribution in [-0.4, -0.2) is 19.9 Å². The second-order valence-corrected chi connectivity index (χ2v) is 4.43. The Bertz CT molecular complexity index is 348. The van der Waals surface area contributed by atoms with Crippen LogP contribution < -0.4 is 4.72 Å². The van der Waals surface area contributed by atoms with E-state index in [-0.39, 0.29) is 5.75 Å². The van der Waals surface area contributed by atoms with Crippen LogP contribution in [-0.2, 0) is 15.8 Å². The van der Waals surface area contributed by atoms with E-state index in [1.807, 2.05) is 0 Å². The smallest absolute Gasteiger partial charge is 0.215 e. The standard InChI is InChI=1S/C8H12N2O2S/c1-2-10-13(11,12)7-8-4-3-5-9-6-8/h3-6,10H,2,7H2,1H3. The maximum atomic E-state index is 11.3. The zero-order valence-corrected chi connectivity index (χ0v) is 8.21. The van der Waals surface area contributed by atoms with Crippen LogP contribution in [0.3, 0.4) is 0 Å². The maximum absolute atomic E-state index is 11.3. The SMILES string of the molecule is CCNS(=O)(=O)Cc1cccnc1. The number of hydrogen-bond donors (Lipinski definition) is 1. The van der Waals surface area contributed by atoms with Gasteiger partial charge in [-0.05, 0) is 11.6 Å². The van der Waals surface area contributed by atoms with Crippen LogP contribution in [0.2, 0.25) is 0 Å². The van der Waals surface area contributed by atoms with Crippen LogP contribution in [0, 0.1) is 0 Å². The minimum absolute atomic E-state index is 0.00528. The van der Waals surface area contributed by atoms with Crippen LogP contribution in [0.5, 0.6) is 0 Å². The van der Waals surface area contributed by atoms with Crippen molar-refractivity contribution in [3.05, 3.63) is 30.1 Å². The zero-order chi connectivity index (χ0) is 9.73. The van der Waals surface area contributed by atoms with Crippen LogP contribution >= 0.6 is 0 Å². The molecule has 0 fully saturated rings. The van der Waals surface area contributed by atoms with Crippen molar-refractivity contribution in [1.29, 1.82) is 0 Å². The summed E-state index contributed by atoms with van der Waals surface area (Å²) in [5.41, 5.74) is 0.698. The lowest BCUT2D eigenvalue weighted by Gasteiger charge is -2.02. The quantitative estimate of drug-likeness (QED) is 0.771. The highest BCUT2D eigenvalue weighted by molar-refractivity contribution is 7.88. The summed E-state index contributed by atoms with van der Waals surface area (Å²) in [6.45, 7) is 2.17. The predicted octanol–water partition coefficient (Wildman–Crippen LogP) is 0.521. The first-order valence-electron chi connectivity index (χ1n) is 4.00. The van der Waals surface area contributed by atoms with Gasteiger partial charge in [-0.2, -0.15) is 0 Å². The summed E-state index contributed by atoms with van der Waals surface area (Å²) in [7, 11) is -3.17. The van der Waals surface area contributed by atoms with Gasteiger partial charge >= 0.3 is 0 Å². The molecule has 5 heteroatoms. The topological polar surface area (TPSA) is 59.1 Å². The second kappa shape index (κ2) is 4.34. The highest BCUT2D eigenvalue weighted by Gasteiger charge is 2.08. The predicted molar refractivity (Wildman–Crippen MR) is 50.5 cm³/mol. The number of rotatable bonds is 4. The Kier molecular flexibility index (Phi) is 3.39. The Morgan fingerprint density at radius 1 is 1.54 bits per heavy atom. The van der Waals surface area contributed by atoms with Gasteiger partial charge in [0.25, 0.3) is 0 Å². The largest absolute Gasteiger partial charge is 0.264 e. The fourth-order valence-corrected chi connectivity index (χ4v) is 2.13. The fourth-order valence-electron chi connectivity index (χ4n) is 0.974. The van der Waals surface area contributed by atoms with Crippen molar-refractivity contribution in [2.24, 2.45) is 0 Å². The molecule has 0 aromatic carbocycles. The zero-order valence-electron chi connectivity index (χ0n) is 7.40. The van der Waals surface area contributed by atoms with Crippen molar-refractivity contribution in [2.75, 3.05) is 6.54 Å². The second-order valence-electron chi connectivity index (χ2n) is 2.62. The van der Waals surface area contributed by atoms with Gasteiger partial charge < -0.3 is 0 Å². The molecule has 1 N–H and O–H groups in total. The lowest BCUT2D eigenvalue weighted by Crippen LogP contribution is -2.24. The summed E-state index contributed by atoms with van der Waals surface area (Å²) in [4.78, 5) is 3.84. The molecular weight excluding hydrogens is 188 g/mol. The number of nitrogens with one attached hydrogen (secondary N) is 1. The van der Waals surface area contributed by atoms with Gasteiger partial charge in [-0.25, -0.2) is 13.1 Å². The van der Waals surface area contributed by atoms with E-state index < -0.39 is 10.0 Å². The maximum Gasteiger partial charge on any atom is 0.215 e. The molecule has 0 aliphatic heterocycles. The van der Waals surface area contributed by atoms with Gasteiger partial charge in [0.05, 0.1) is 5.75 Å². The van der Waals surface area contributed by atoms with Crippen LogP contribution in [0.15, 0.2) is 24.5 Å². The Morgan fingerprint density at radius 2 is 2.31 bits per heavy atom. The molecule has 1 heterocycles. The molecule has 0 aliphatic carbocycles. The van der Waals surface area contributed by atoms with E-state index in [4.69, 9.17) is 0 Å². The van der Waals surface area contributed by atoms with E-state index in [0.29, 0.717) is 12.1 Å². The summed E-state index contributed by atoms with van der Waals surface area (Å²) in [6, 6.07) is 3.46. The van der Waals surface area contributed by atoms with Crippen molar-refractivity contribution in [1.82, 2.24) is 9.71 Å². The van der Waals surface area contributed by atoms with Crippen LogP contribution in [0.25, 0.3) is 0 Å². The van der Waals surface area contributed by atoms with Gasteiger partial charge in [-0.1, -0.05) is 13.0 Å². The van der Waals surface area contributed by atoms with Crippen molar-refractivity contribution in [3.8, 4) is 0 Å². The van der Waals surface area contributed by atoms with Crippen molar-refractivity contribution < 1.29 is 8.42 Å². The molecule has 0 saturated heterocycles. The monoisotopic (exact) mass is 200 g/mol. The van der Waals surface area contributed by atoms with Gasteiger partial charge in [0.1, 0.15) is 0 Å². The molecule has 0 spiro atoms. The highest BCUT2D eigenvalue weighted by atomic mass is 32.2. The normalized spacial score (nSPS) is 11.5. The molecule has 0 amide bonds. The molecule has 1 aromatic rings. The van der Waals surface area contributed by atoms with Gasteiger partial charge in [-0.15, -0.1) is 0 Å². The van der Waals surface area contributed by atoms with E-state index in [9.17, 15) is 8.42 Å². The summed E-state index contributed by atoms with van der Waals surface area (Å²) >= 11 is 0. The first kappa shape index (κ1) is 10.1. The first-order chi connectivity index (χ1) is 6.14. The summed E-state index contributed by atoms with van der Waals surface area (Å²) in [6.07, 6.45) is 3.16. The van der Waals surface area contributed by atoms with E-state index in [1.165, 1.54) is 0 Å². The van der Waals surface area contributed by atoms with E-state index in [1.54, 1.807) is 31.5 Å². The Hall–Kier alpha value is -0.940. The number of aromatic nitrogens is 1. The lowest BCUT2D eigenvalue weighted by molar-refractivity contribution is 0.583. The summed E-state index contributed by atoms with van der Waals surface area (Å²) in [5, 5.41) is 0. The van der Waals surface area contributed by atoms with E-state index >= 15 is 0 Å². The highest BCUT2D eigenvalue weighted by Crippen LogP contribution is 2.01. The average molecular weight is 200 g/mol. The van der Waals surface area contributed by atoms with Crippen LogP contribution in [0.1, 0.15) is 12.5 Å². The van der Waals surface area contributed by atoms with Crippen molar-refractivity contribution >= 4 is 10.0 Å². The number of nitrogens with zero attached hydrogens (tertiary/aromatic N) is 1.